The molecule has 0 bridgehead atoms. The highest BCUT2D eigenvalue weighted by Crippen LogP contribution is 2.45. The number of hydrogen-bond donors (Lipinski definition) is 2. The van der Waals surface area contributed by atoms with E-state index in [1.54, 1.807) is 12.1 Å². The molecule has 3 rings (SSSR count). The van der Waals surface area contributed by atoms with Gasteiger partial charge in [-0.05, 0) is 43.0 Å². The molecular formula is C18H19FN2O. The Hall–Kier alpha value is -2.36. The molecule has 2 amide bonds. The van der Waals surface area contributed by atoms with Crippen molar-refractivity contribution in [1.82, 2.24) is 10.6 Å². The molecule has 0 heterocycles. The van der Waals surface area contributed by atoms with E-state index < -0.39 is 0 Å². The first-order chi connectivity index (χ1) is 10.6. The van der Waals surface area contributed by atoms with Gasteiger partial charge in [0, 0.05) is 6.54 Å². The minimum absolute atomic E-state index is 0.192. The normalized spacial score (nSPS) is 15.2. The molecule has 3 nitrogen and oxygen atoms in total. The van der Waals surface area contributed by atoms with Crippen molar-refractivity contribution < 1.29 is 9.18 Å². The Bertz CT molecular complexity index is 660. The summed E-state index contributed by atoms with van der Waals surface area (Å²) in [4.78, 5) is 12.1. The van der Waals surface area contributed by atoms with Gasteiger partial charge in [0.15, 0.2) is 0 Å². The first-order valence-electron chi connectivity index (χ1n) is 7.45. The Balaban J connectivity index is 1.57. The number of amides is 2. The summed E-state index contributed by atoms with van der Waals surface area (Å²) >= 11 is 0. The third-order valence-electron chi connectivity index (χ3n) is 4.07. The van der Waals surface area contributed by atoms with Gasteiger partial charge in [-0.15, -0.1) is 0 Å². The average molecular weight is 298 g/mol. The molecule has 1 aliphatic rings. The van der Waals surface area contributed by atoms with E-state index in [4.69, 9.17) is 0 Å². The van der Waals surface area contributed by atoms with E-state index in [-0.39, 0.29) is 17.4 Å². The Labute approximate surface area is 129 Å². The van der Waals surface area contributed by atoms with Gasteiger partial charge in [0.1, 0.15) is 5.82 Å². The van der Waals surface area contributed by atoms with E-state index in [9.17, 15) is 9.18 Å². The fourth-order valence-corrected chi connectivity index (χ4v) is 2.53. The highest BCUT2D eigenvalue weighted by Gasteiger charge is 2.45. The average Bonchev–Trinajstić information content (AvgIpc) is 3.28. The molecule has 0 atom stereocenters. The van der Waals surface area contributed by atoms with Crippen molar-refractivity contribution in [2.45, 2.75) is 31.8 Å². The predicted octanol–water partition coefficient (Wildman–Crippen LogP) is 3.62. The molecule has 4 heteroatoms. The maximum absolute atomic E-state index is 12.8. The second-order valence-electron chi connectivity index (χ2n) is 5.88. The van der Waals surface area contributed by atoms with Gasteiger partial charge in [0.2, 0.25) is 0 Å². The van der Waals surface area contributed by atoms with Crippen LogP contribution < -0.4 is 10.6 Å². The molecule has 1 saturated carbocycles. The van der Waals surface area contributed by atoms with Crippen molar-refractivity contribution in [1.29, 1.82) is 0 Å². The van der Waals surface area contributed by atoms with Gasteiger partial charge >= 0.3 is 6.03 Å². The van der Waals surface area contributed by atoms with E-state index in [0.29, 0.717) is 6.54 Å². The minimum Gasteiger partial charge on any atom is -0.334 e. The molecule has 1 aliphatic carbocycles. The predicted molar refractivity (Wildman–Crippen MR) is 83.9 cm³/mol. The summed E-state index contributed by atoms with van der Waals surface area (Å²) in [6.45, 7) is 2.43. The van der Waals surface area contributed by atoms with Crippen LogP contribution in [-0.4, -0.2) is 6.03 Å². The molecule has 0 radical (unpaired) electrons. The van der Waals surface area contributed by atoms with E-state index in [0.717, 1.165) is 24.0 Å². The first kappa shape index (κ1) is 14.6. The lowest BCUT2D eigenvalue weighted by Gasteiger charge is -2.18. The molecule has 2 aromatic carbocycles. The SMILES string of the molecule is Cc1ccc(C2(NC(=O)NCc3ccc(F)cc3)CC2)cc1. The molecule has 0 saturated heterocycles. The van der Waals surface area contributed by atoms with Gasteiger partial charge in [-0.3, -0.25) is 0 Å². The lowest BCUT2D eigenvalue weighted by Crippen LogP contribution is -2.41. The fourth-order valence-electron chi connectivity index (χ4n) is 2.53. The van der Waals surface area contributed by atoms with Gasteiger partial charge in [-0.1, -0.05) is 42.0 Å². The third-order valence-corrected chi connectivity index (χ3v) is 4.07. The number of rotatable bonds is 4. The van der Waals surface area contributed by atoms with Crippen LogP contribution in [0, 0.1) is 12.7 Å². The van der Waals surface area contributed by atoms with Crippen LogP contribution in [0.25, 0.3) is 0 Å². The summed E-state index contributed by atoms with van der Waals surface area (Å²) in [5.41, 5.74) is 3.01. The molecular weight excluding hydrogens is 279 g/mol. The van der Waals surface area contributed by atoms with Crippen LogP contribution in [-0.2, 0) is 12.1 Å². The monoisotopic (exact) mass is 298 g/mol. The third kappa shape index (κ3) is 3.27. The number of halogens is 1. The molecule has 1 fully saturated rings. The Morgan fingerprint density at radius 2 is 1.73 bits per heavy atom. The summed E-state index contributed by atoms with van der Waals surface area (Å²) in [6, 6.07) is 14.2. The Morgan fingerprint density at radius 3 is 2.32 bits per heavy atom. The van der Waals surface area contributed by atoms with Gasteiger partial charge in [0.05, 0.1) is 5.54 Å². The summed E-state index contributed by atoms with van der Waals surface area (Å²) in [5.74, 6) is -0.274. The number of urea groups is 1. The largest absolute Gasteiger partial charge is 0.334 e. The molecule has 2 aromatic rings. The zero-order chi connectivity index (χ0) is 15.6. The van der Waals surface area contributed by atoms with Crippen LogP contribution in [0.3, 0.4) is 0 Å². The van der Waals surface area contributed by atoms with E-state index in [1.807, 2.05) is 6.92 Å². The second kappa shape index (κ2) is 5.79. The Morgan fingerprint density at radius 1 is 1.09 bits per heavy atom. The molecule has 114 valence electrons. The molecule has 2 N–H and O–H groups in total. The maximum atomic E-state index is 12.8. The molecule has 0 aliphatic heterocycles. The number of aryl methyl sites for hydroxylation is 1. The molecule has 22 heavy (non-hydrogen) atoms. The fraction of sp³-hybridized carbons (Fsp3) is 0.278. The highest BCUT2D eigenvalue weighted by molar-refractivity contribution is 5.75. The van der Waals surface area contributed by atoms with Crippen LogP contribution in [0.1, 0.15) is 29.5 Å². The highest BCUT2D eigenvalue weighted by atomic mass is 19.1. The van der Waals surface area contributed by atoms with Crippen molar-refractivity contribution in [3.05, 3.63) is 71.0 Å². The van der Waals surface area contributed by atoms with Crippen molar-refractivity contribution in [3.63, 3.8) is 0 Å². The van der Waals surface area contributed by atoms with Crippen molar-refractivity contribution in [2.75, 3.05) is 0 Å². The van der Waals surface area contributed by atoms with Gasteiger partial charge in [-0.2, -0.15) is 0 Å². The number of benzene rings is 2. The zero-order valence-electron chi connectivity index (χ0n) is 12.5. The van der Waals surface area contributed by atoms with Crippen LogP contribution in [0.15, 0.2) is 48.5 Å². The van der Waals surface area contributed by atoms with Crippen LogP contribution in [0.2, 0.25) is 0 Å². The van der Waals surface area contributed by atoms with E-state index in [1.165, 1.54) is 17.7 Å². The van der Waals surface area contributed by atoms with E-state index >= 15 is 0 Å². The van der Waals surface area contributed by atoms with Crippen LogP contribution in [0.5, 0.6) is 0 Å². The topological polar surface area (TPSA) is 41.1 Å². The van der Waals surface area contributed by atoms with Crippen molar-refractivity contribution in [2.24, 2.45) is 0 Å². The van der Waals surface area contributed by atoms with Gasteiger partial charge < -0.3 is 10.6 Å². The van der Waals surface area contributed by atoms with Crippen molar-refractivity contribution >= 4 is 6.03 Å². The number of carbonyl (C=O) groups excluding carboxylic acids is 1. The minimum atomic E-state index is -0.274. The van der Waals surface area contributed by atoms with Gasteiger partial charge in [0.25, 0.3) is 0 Å². The lowest BCUT2D eigenvalue weighted by molar-refractivity contribution is 0.235. The van der Waals surface area contributed by atoms with Crippen LogP contribution in [0.4, 0.5) is 9.18 Å². The summed E-state index contributed by atoms with van der Waals surface area (Å²) in [6.07, 6.45) is 1.92. The number of carbonyl (C=O) groups is 1. The Kier molecular flexibility index (Phi) is 3.84. The summed E-state index contributed by atoms with van der Waals surface area (Å²) in [7, 11) is 0. The lowest BCUT2D eigenvalue weighted by atomic mass is 10.0. The quantitative estimate of drug-likeness (QED) is 0.889. The molecule has 0 unspecified atom stereocenters. The first-order valence-corrected chi connectivity index (χ1v) is 7.45. The summed E-state index contributed by atoms with van der Waals surface area (Å²) in [5, 5.41) is 5.88. The van der Waals surface area contributed by atoms with Gasteiger partial charge in [-0.25, -0.2) is 9.18 Å². The maximum Gasteiger partial charge on any atom is 0.315 e. The number of nitrogens with one attached hydrogen (secondary N) is 2. The molecule has 0 aromatic heterocycles. The molecule has 0 spiro atoms. The van der Waals surface area contributed by atoms with E-state index in [2.05, 4.69) is 34.9 Å². The second-order valence-corrected chi connectivity index (χ2v) is 5.88. The van der Waals surface area contributed by atoms with Crippen LogP contribution >= 0.6 is 0 Å². The number of hydrogen-bond acceptors (Lipinski definition) is 1. The summed E-state index contributed by atoms with van der Waals surface area (Å²) < 4.78 is 12.8. The smallest absolute Gasteiger partial charge is 0.315 e. The zero-order valence-corrected chi connectivity index (χ0v) is 12.5. The standard InChI is InChI=1S/C18H19FN2O/c1-13-2-6-15(7-3-13)18(10-11-18)21-17(22)20-12-14-4-8-16(19)9-5-14/h2-9H,10-12H2,1H3,(H2,20,21,22). The van der Waals surface area contributed by atoms with Crippen molar-refractivity contribution in [3.8, 4) is 0 Å².